The summed E-state index contributed by atoms with van der Waals surface area (Å²) >= 11 is 0. The van der Waals surface area contributed by atoms with Crippen molar-refractivity contribution in [3.8, 4) is 11.8 Å². The van der Waals surface area contributed by atoms with Crippen molar-refractivity contribution >= 4 is 17.0 Å². The van der Waals surface area contributed by atoms with Gasteiger partial charge in [-0.1, -0.05) is 5.92 Å². The number of nitrogens with two attached hydrogens (primary N) is 2. The summed E-state index contributed by atoms with van der Waals surface area (Å²) in [7, 11) is 0. The number of anilines is 1. The Morgan fingerprint density at radius 2 is 2.33 bits per heavy atom. The number of ether oxygens (including phenoxy) is 1. The molecule has 2 aromatic rings. The van der Waals surface area contributed by atoms with Crippen molar-refractivity contribution in [2.75, 3.05) is 12.3 Å². The van der Waals surface area contributed by atoms with Crippen LogP contribution >= 0.6 is 0 Å². The first-order chi connectivity index (χ1) is 11.3. The molecule has 1 saturated heterocycles. The molecule has 128 valence electrons. The average molecular weight is 337 g/mol. The number of aromatic nitrogens is 3. The van der Waals surface area contributed by atoms with Crippen LogP contribution in [0.4, 0.5) is 10.3 Å². The van der Waals surface area contributed by atoms with E-state index < -0.39 is 42.0 Å². The molecule has 7 N–H and O–H groups in total. The quantitative estimate of drug-likeness (QED) is 0.414. The summed E-state index contributed by atoms with van der Waals surface area (Å²) < 4.78 is 20.9. The van der Waals surface area contributed by atoms with E-state index in [1.165, 1.54) is 6.92 Å². The Balaban J connectivity index is 2.26. The highest BCUT2D eigenvalue weighted by Gasteiger charge is 2.54. The first kappa shape index (κ1) is 16.4. The van der Waals surface area contributed by atoms with Crippen LogP contribution < -0.4 is 17.0 Å². The average Bonchev–Trinajstić information content (AvgIpc) is 2.96. The largest absolute Gasteiger partial charge is 0.394 e. The summed E-state index contributed by atoms with van der Waals surface area (Å²) in [6.07, 6.45) is -2.57. The van der Waals surface area contributed by atoms with Gasteiger partial charge >= 0.3 is 0 Å². The van der Waals surface area contributed by atoms with E-state index in [9.17, 15) is 19.4 Å². The number of hydrogen-bond donors (Lipinski definition) is 5. The van der Waals surface area contributed by atoms with Gasteiger partial charge in [-0.25, -0.2) is 4.39 Å². The minimum absolute atomic E-state index is 0.0998. The second-order valence-electron chi connectivity index (χ2n) is 5.50. The zero-order chi connectivity index (χ0) is 17.6. The van der Waals surface area contributed by atoms with E-state index in [1.807, 2.05) is 0 Å². The van der Waals surface area contributed by atoms with Crippen LogP contribution in [0.15, 0.2) is 11.0 Å². The van der Waals surface area contributed by atoms with E-state index in [1.54, 1.807) is 0 Å². The second-order valence-corrected chi connectivity index (χ2v) is 5.50. The molecule has 9 nitrogen and oxygen atoms in total. The van der Waals surface area contributed by atoms with Crippen LogP contribution in [0.3, 0.4) is 0 Å². The van der Waals surface area contributed by atoms with Gasteiger partial charge in [-0.15, -0.1) is 5.92 Å². The maximum Gasteiger partial charge on any atom is 0.264 e. The van der Waals surface area contributed by atoms with Crippen molar-refractivity contribution in [3.63, 3.8) is 0 Å². The number of nitrogens with zero attached hydrogens (tertiary/aromatic N) is 2. The molecule has 1 aliphatic heterocycles. The Hall–Kier alpha value is -2.45. The Morgan fingerprint density at radius 1 is 1.62 bits per heavy atom. The predicted octanol–water partition coefficient (Wildman–Crippen LogP) is -1.58. The van der Waals surface area contributed by atoms with E-state index in [0.29, 0.717) is 0 Å². The number of H-pyrrole nitrogens is 1. The van der Waals surface area contributed by atoms with Gasteiger partial charge in [0.15, 0.2) is 23.2 Å². The monoisotopic (exact) mass is 337 g/mol. The maximum absolute atomic E-state index is 14.2. The van der Waals surface area contributed by atoms with Gasteiger partial charge in [-0.3, -0.25) is 14.3 Å². The molecule has 3 heterocycles. The Labute approximate surface area is 135 Å². The summed E-state index contributed by atoms with van der Waals surface area (Å²) in [5.74, 6) is 4.16. The van der Waals surface area contributed by atoms with E-state index in [0.717, 1.165) is 10.8 Å². The van der Waals surface area contributed by atoms with Crippen LogP contribution in [0.1, 0.15) is 13.2 Å². The zero-order valence-electron chi connectivity index (χ0n) is 12.7. The van der Waals surface area contributed by atoms with Crippen LogP contribution in [-0.2, 0) is 4.74 Å². The van der Waals surface area contributed by atoms with Crippen LogP contribution in [0.25, 0.3) is 11.0 Å². The molecule has 3 rings (SSSR count). The van der Waals surface area contributed by atoms with Crippen LogP contribution in [0.5, 0.6) is 0 Å². The zero-order valence-corrected chi connectivity index (χ0v) is 12.7. The number of rotatable bonds is 2. The van der Waals surface area contributed by atoms with E-state index in [-0.39, 0.29) is 17.0 Å². The summed E-state index contributed by atoms with van der Waals surface area (Å²) in [6.45, 7) is 1.000. The highest BCUT2D eigenvalue weighted by atomic mass is 19.1. The molecule has 0 bridgehead atoms. The molecule has 1 fully saturated rings. The molecular formula is C14H16FN5O4. The number of aromatic amines is 1. The molecule has 1 aliphatic rings. The van der Waals surface area contributed by atoms with E-state index in [2.05, 4.69) is 21.8 Å². The van der Waals surface area contributed by atoms with Crippen LogP contribution in [0.2, 0.25) is 0 Å². The first-order valence-corrected chi connectivity index (χ1v) is 7.06. The molecule has 2 aromatic heterocycles. The third-order valence-electron chi connectivity index (χ3n) is 3.98. The predicted molar refractivity (Wildman–Crippen MR) is 82.1 cm³/mol. The van der Waals surface area contributed by atoms with Gasteiger partial charge in [0.1, 0.15) is 17.6 Å². The lowest BCUT2D eigenvalue weighted by Gasteiger charge is -2.28. The molecule has 0 amide bonds. The molecule has 0 spiro atoms. The number of fused-ring (bicyclic) bond motifs is 1. The molecular weight excluding hydrogens is 321 g/mol. The summed E-state index contributed by atoms with van der Waals surface area (Å²) in [5, 5.41) is 19.4. The normalized spacial score (nSPS) is 29.6. The lowest BCUT2D eigenvalue weighted by molar-refractivity contribution is -0.0446. The number of aliphatic hydroxyl groups is 2. The fourth-order valence-corrected chi connectivity index (χ4v) is 2.90. The highest BCUT2D eigenvalue weighted by Crippen LogP contribution is 2.38. The molecule has 3 unspecified atom stereocenters. The summed E-state index contributed by atoms with van der Waals surface area (Å²) in [6, 6.07) is 0. The maximum atomic E-state index is 14.2. The highest BCUT2D eigenvalue weighted by molar-refractivity contribution is 5.77. The first-order valence-electron chi connectivity index (χ1n) is 7.06. The van der Waals surface area contributed by atoms with Crippen molar-refractivity contribution in [3.05, 3.63) is 22.4 Å². The number of aliphatic hydroxyl groups excluding tert-OH is 2. The second kappa shape index (κ2) is 5.57. The van der Waals surface area contributed by atoms with Crippen molar-refractivity contribution in [2.24, 2.45) is 5.73 Å². The Morgan fingerprint density at radius 3 is 2.96 bits per heavy atom. The summed E-state index contributed by atoms with van der Waals surface area (Å²) in [4.78, 5) is 18.0. The van der Waals surface area contributed by atoms with Crippen molar-refractivity contribution in [1.29, 1.82) is 0 Å². The Kier molecular flexibility index (Phi) is 3.81. The van der Waals surface area contributed by atoms with Gasteiger partial charge in [0, 0.05) is 6.20 Å². The van der Waals surface area contributed by atoms with Gasteiger partial charge < -0.3 is 26.4 Å². The fraction of sp³-hybridized carbons (Fsp3) is 0.429. The standard InChI is InChI=1S/C14H16FN5O4/c1-2-3-14(17)9(22)7(5-21)24-12(14)20-4-6(15)8-10(20)18-13(16)19-11(8)23/h4,7,9,12,21-22H,5,17H2,1H3,(H3,16,18,19,23)/t7-,9?,12?,14?/m1/s1. The number of nitrogen functional groups attached to an aromatic ring is 1. The van der Waals surface area contributed by atoms with Gasteiger partial charge in [-0.05, 0) is 6.92 Å². The van der Waals surface area contributed by atoms with Gasteiger partial charge in [0.2, 0.25) is 5.95 Å². The lowest BCUT2D eigenvalue weighted by Crippen LogP contribution is -2.53. The smallest absolute Gasteiger partial charge is 0.264 e. The minimum atomic E-state index is -1.64. The molecule has 4 atom stereocenters. The van der Waals surface area contributed by atoms with Crippen LogP contribution in [0, 0.1) is 17.7 Å². The van der Waals surface area contributed by atoms with Crippen molar-refractivity contribution in [2.45, 2.75) is 30.9 Å². The Bertz CT molecular complexity index is 913. The van der Waals surface area contributed by atoms with Crippen molar-refractivity contribution < 1.29 is 19.3 Å². The topological polar surface area (TPSA) is 152 Å². The van der Waals surface area contributed by atoms with E-state index >= 15 is 0 Å². The van der Waals surface area contributed by atoms with Crippen molar-refractivity contribution in [1.82, 2.24) is 14.5 Å². The summed E-state index contributed by atoms with van der Waals surface area (Å²) in [5.41, 5.74) is 9.21. The molecule has 0 radical (unpaired) electrons. The molecule has 0 saturated carbocycles. The third-order valence-corrected chi connectivity index (χ3v) is 3.98. The van der Waals surface area contributed by atoms with Crippen LogP contribution in [-0.4, -0.2) is 49.1 Å². The van der Waals surface area contributed by atoms with Gasteiger partial charge in [0.05, 0.1) is 6.61 Å². The van der Waals surface area contributed by atoms with Gasteiger partial charge in [-0.2, -0.15) is 4.98 Å². The molecule has 24 heavy (non-hydrogen) atoms. The molecule has 10 heteroatoms. The third kappa shape index (κ3) is 2.18. The minimum Gasteiger partial charge on any atom is -0.394 e. The lowest BCUT2D eigenvalue weighted by atomic mass is 9.91. The SMILES string of the molecule is CC#CC1(N)C(O)[C@@H](CO)OC1n1cc(F)c2c(=O)[nH]c(N)nc21. The van der Waals surface area contributed by atoms with Gasteiger partial charge in [0.25, 0.3) is 5.56 Å². The number of nitrogens with one attached hydrogen (secondary N) is 1. The fourth-order valence-electron chi connectivity index (χ4n) is 2.90. The number of hydrogen-bond acceptors (Lipinski definition) is 7. The molecule has 0 aliphatic carbocycles. The van der Waals surface area contributed by atoms with E-state index in [4.69, 9.17) is 16.2 Å². The molecule has 0 aromatic carbocycles. The number of halogens is 1.